The van der Waals surface area contributed by atoms with Crippen LogP contribution in [0.3, 0.4) is 0 Å². The van der Waals surface area contributed by atoms with Gasteiger partial charge < -0.3 is 4.74 Å². The van der Waals surface area contributed by atoms with E-state index in [4.69, 9.17) is 4.74 Å². The van der Waals surface area contributed by atoms with E-state index in [1.807, 2.05) is 0 Å². The quantitative estimate of drug-likeness (QED) is 0.399. The second-order valence-electron chi connectivity index (χ2n) is 5.05. The summed E-state index contributed by atoms with van der Waals surface area (Å²) in [6, 6.07) is 2.60. The summed E-state index contributed by atoms with van der Waals surface area (Å²) in [5.41, 5.74) is -5.58. The topological polar surface area (TPSA) is 156 Å². The van der Waals surface area contributed by atoms with Crippen LogP contribution in [0.4, 0.5) is 30.2 Å². The summed E-state index contributed by atoms with van der Waals surface area (Å²) in [5, 5.41) is 32.7. The Bertz CT molecular complexity index is 1010. The second-order valence-corrected chi connectivity index (χ2v) is 5.05. The van der Waals surface area contributed by atoms with Gasteiger partial charge in [-0.2, -0.15) is 13.2 Å². The van der Waals surface area contributed by atoms with Crippen molar-refractivity contribution in [2.75, 3.05) is 0 Å². The van der Waals surface area contributed by atoms with Gasteiger partial charge in [-0.25, -0.2) is 0 Å². The fraction of sp³-hybridized carbons (Fsp3) is 0.0714. The van der Waals surface area contributed by atoms with Gasteiger partial charge in [0, 0.05) is 12.1 Å². The predicted octanol–water partition coefficient (Wildman–Crippen LogP) is 4.03. The number of nitro benzene ring substituents is 3. The number of carbonyl (C=O) groups excluding carboxylic acids is 1. The smallest absolute Gasteiger partial charge is 0.420 e. The molecule has 0 heterocycles. The molecule has 28 heavy (non-hydrogen) atoms. The Hall–Kier alpha value is -4.10. The van der Waals surface area contributed by atoms with E-state index < -0.39 is 60.6 Å². The lowest BCUT2D eigenvalue weighted by molar-refractivity contribution is -0.395. The molecule has 146 valence electrons. The average molecular weight is 401 g/mol. The summed E-state index contributed by atoms with van der Waals surface area (Å²) in [6.45, 7) is 0. The van der Waals surface area contributed by atoms with Gasteiger partial charge in [0.1, 0.15) is 11.3 Å². The molecule has 0 N–H and O–H groups in total. The fourth-order valence-corrected chi connectivity index (χ4v) is 2.13. The highest BCUT2D eigenvalue weighted by Crippen LogP contribution is 2.46. The van der Waals surface area contributed by atoms with E-state index >= 15 is 0 Å². The van der Waals surface area contributed by atoms with Crippen LogP contribution >= 0.6 is 0 Å². The maximum atomic E-state index is 13.3. The van der Waals surface area contributed by atoms with E-state index in [9.17, 15) is 48.3 Å². The lowest BCUT2D eigenvalue weighted by Crippen LogP contribution is -2.10. The van der Waals surface area contributed by atoms with Gasteiger partial charge in [-0.15, -0.1) is 0 Å². The molecule has 0 aliphatic rings. The number of ether oxygens (including phenoxy) is 1. The molecule has 0 aliphatic heterocycles. The van der Waals surface area contributed by atoms with Crippen molar-refractivity contribution in [2.45, 2.75) is 6.18 Å². The zero-order valence-electron chi connectivity index (χ0n) is 13.2. The lowest BCUT2D eigenvalue weighted by Gasteiger charge is -2.14. The highest BCUT2D eigenvalue weighted by atomic mass is 19.4. The van der Waals surface area contributed by atoms with Crippen molar-refractivity contribution >= 4 is 23.3 Å². The standard InChI is InChI=1S/C14H6F3N3O8/c15-14(16,17)10-4-8(18(22)23)5-12(20(26)27)13(10)28-9-1-2-11(19(24)25)7(3-9)6-21/h1-6H. The molecule has 0 radical (unpaired) electrons. The SMILES string of the molecule is O=Cc1cc(Oc2c([N+](=O)[O-])cc([N+](=O)[O-])cc2C(F)(F)F)ccc1[N+](=O)[O-]. The van der Waals surface area contributed by atoms with Crippen molar-refractivity contribution in [3.8, 4) is 11.5 Å². The van der Waals surface area contributed by atoms with E-state index in [2.05, 4.69) is 0 Å². The van der Waals surface area contributed by atoms with E-state index in [1.165, 1.54) is 0 Å². The van der Waals surface area contributed by atoms with Crippen LogP contribution in [0.15, 0.2) is 30.3 Å². The molecule has 0 unspecified atom stereocenters. The molecule has 0 saturated heterocycles. The van der Waals surface area contributed by atoms with E-state index in [0.717, 1.165) is 12.1 Å². The van der Waals surface area contributed by atoms with Gasteiger partial charge in [0.15, 0.2) is 6.29 Å². The molecular formula is C14H6F3N3O8. The first-order valence-corrected chi connectivity index (χ1v) is 6.91. The third-order valence-electron chi connectivity index (χ3n) is 3.31. The summed E-state index contributed by atoms with van der Waals surface area (Å²) in [4.78, 5) is 40.1. The van der Waals surface area contributed by atoms with Gasteiger partial charge >= 0.3 is 11.9 Å². The molecule has 0 aliphatic carbocycles. The number of hydrogen-bond donors (Lipinski definition) is 0. The summed E-state index contributed by atoms with van der Waals surface area (Å²) in [6.07, 6.45) is -5.22. The Morgan fingerprint density at radius 1 is 0.893 bits per heavy atom. The Kier molecular flexibility index (Phi) is 5.24. The second kappa shape index (κ2) is 7.26. The van der Waals surface area contributed by atoms with E-state index in [-0.39, 0.29) is 18.4 Å². The molecule has 0 spiro atoms. The van der Waals surface area contributed by atoms with Crippen molar-refractivity contribution in [1.82, 2.24) is 0 Å². The van der Waals surface area contributed by atoms with Crippen molar-refractivity contribution in [3.05, 3.63) is 71.8 Å². The van der Waals surface area contributed by atoms with Gasteiger partial charge in [-0.3, -0.25) is 35.1 Å². The number of rotatable bonds is 6. The van der Waals surface area contributed by atoms with Gasteiger partial charge in [0.25, 0.3) is 11.4 Å². The number of alkyl halides is 3. The molecule has 2 aromatic rings. The molecular weight excluding hydrogens is 395 g/mol. The normalized spacial score (nSPS) is 11.0. The molecule has 11 nitrogen and oxygen atoms in total. The summed E-state index contributed by atoms with van der Waals surface area (Å²) in [5.74, 6) is -1.93. The monoisotopic (exact) mass is 401 g/mol. The number of carbonyl (C=O) groups is 1. The largest absolute Gasteiger partial charge is 0.449 e. The van der Waals surface area contributed by atoms with E-state index in [1.54, 1.807) is 0 Å². The predicted molar refractivity (Wildman–Crippen MR) is 83.3 cm³/mol. The summed E-state index contributed by atoms with van der Waals surface area (Å²) in [7, 11) is 0. The Balaban J connectivity index is 2.70. The highest BCUT2D eigenvalue weighted by molar-refractivity contribution is 5.82. The average Bonchev–Trinajstić information content (AvgIpc) is 2.59. The summed E-state index contributed by atoms with van der Waals surface area (Å²) >= 11 is 0. The molecule has 14 heteroatoms. The van der Waals surface area contributed by atoms with Gasteiger partial charge in [-0.05, 0) is 12.1 Å². The van der Waals surface area contributed by atoms with Gasteiger partial charge in [0.2, 0.25) is 5.75 Å². The minimum atomic E-state index is -5.26. The zero-order chi connectivity index (χ0) is 21.2. The Labute approximate surface area is 151 Å². The first kappa shape index (κ1) is 20.2. The van der Waals surface area contributed by atoms with Crippen LogP contribution in [-0.2, 0) is 6.18 Å². The van der Waals surface area contributed by atoms with Crippen LogP contribution in [0.2, 0.25) is 0 Å². The number of benzene rings is 2. The van der Waals surface area contributed by atoms with Gasteiger partial charge in [-0.1, -0.05) is 0 Å². The molecule has 2 rings (SSSR count). The van der Waals surface area contributed by atoms with Crippen molar-refractivity contribution < 1.29 is 37.5 Å². The molecule has 0 aromatic heterocycles. The van der Waals surface area contributed by atoms with Crippen LogP contribution in [0.1, 0.15) is 15.9 Å². The molecule has 2 aromatic carbocycles. The van der Waals surface area contributed by atoms with Crippen molar-refractivity contribution in [3.63, 3.8) is 0 Å². The highest BCUT2D eigenvalue weighted by Gasteiger charge is 2.41. The molecule has 0 saturated carbocycles. The molecule has 0 fully saturated rings. The Morgan fingerprint density at radius 3 is 1.96 bits per heavy atom. The van der Waals surface area contributed by atoms with E-state index in [0.29, 0.717) is 6.07 Å². The number of hydrogen-bond acceptors (Lipinski definition) is 8. The number of aldehydes is 1. The van der Waals surface area contributed by atoms with Gasteiger partial charge in [0.05, 0.1) is 26.4 Å². The molecule has 0 atom stereocenters. The van der Waals surface area contributed by atoms with Crippen molar-refractivity contribution in [1.29, 1.82) is 0 Å². The summed E-state index contributed by atoms with van der Waals surface area (Å²) < 4.78 is 44.7. The Morgan fingerprint density at radius 2 is 1.50 bits per heavy atom. The third kappa shape index (κ3) is 4.00. The number of nitrogens with zero attached hydrogens (tertiary/aromatic N) is 3. The first-order chi connectivity index (χ1) is 13.0. The number of nitro groups is 3. The molecule has 0 amide bonds. The minimum absolute atomic E-state index is 0.0416. The number of halogens is 3. The van der Waals surface area contributed by atoms with Crippen LogP contribution in [-0.4, -0.2) is 21.1 Å². The lowest BCUT2D eigenvalue weighted by atomic mass is 10.1. The molecule has 0 bridgehead atoms. The first-order valence-electron chi connectivity index (χ1n) is 6.91. The number of non-ortho nitro benzene ring substituents is 1. The maximum Gasteiger partial charge on any atom is 0.420 e. The van der Waals surface area contributed by atoms with Crippen molar-refractivity contribution in [2.24, 2.45) is 0 Å². The minimum Gasteiger partial charge on any atom is -0.449 e. The van der Waals surface area contributed by atoms with Crippen LogP contribution in [0, 0.1) is 30.3 Å². The zero-order valence-corrected chi connectivity index (χ0v) is 13.2. The van der Waals surface area contributed by atoms with Crippen LogP contribution in [0.25, 0.3) is 0 Å². The van der Waals surface area contributed by atoms with Crippen LogP contribution < -0.4 is 4.74 Å². The fourth-order valence-electron chi connectivity index (χ4n) is 2.13. The maximum absolute atomic E-state index is 13.3. The van der Waals surface area contributed by atoms with Crippen LogP contribution in [0.5, 0.6) is 11.5 Å². The third-order valence-corrected chi connectivity index (χ3v) is 3.31.